The summed E-state index contributed by atoms with van der Waals surface area (Å²) in [6.07, 6.45) is 0.259. The van der Waals surface area contributed by atoms with E-state index in [0.29, 0.717) is 0 Å². The number of rotatable bonds is 4. The van der Waals surface area contributed by atoms with Crippen molar-refractivity contribution in [3.63, 3.8) is 0 Å². The molecule has 21 heavy (non-hydrogen) atoms. The van der Waals surface area contributed by atoms with Crippen LogP contribution in [0, 0.1) is 10.1 Å². The molecule has 0 aliphatic heterocycles. The number of aryl methyl sites for hydroxylation is 1. The van der Waals surface area contributed by atoms with Crippen molar-refractivity contribution in [2.45, 2.75) is 18.2 Å². The van der Waals surface area contributed by atoms with Crippen LogP contribution in [-0.4, -0.2) is 23.1 Å². The van der Waals surface area contributed by atoms with Crippen LogP contribution in [0.3, 0.4) is 0 Å². The fourth-order valence-corrected chi connectivity index (χ4v) is 3.76. The van der Waals surface area contributed by atoms with Gasteiger partial charge in [-0.15, -0.1) is 0 Å². The third kappa shape index (κ3) is 2.87. The highest BCUT2D eigenvalue weighted by Crippen LogP contribution is 2.33. The predicted molar refractivity (Wildman–Crippen MR) is 77.6 cm³/mol. The SMILES string of the molecule is CCc1nn(-c2ccccc2[N+](=O)[O-])c(Cl)c1S(=O)(=O)Cl. The standard InChI is InChI=1S/C11H9Cl2N3O4S/c1-2-7-10(21(13,19)20)11(12)15(14-7)8-5-3-4-6-9(8)16(17)18/h3-6H,2H2,1H3. The van der Waals surface area contributed by atoms with E-state index in [9.17, 15) is 18.5 Å². The Labute approximate surface area is 129 Å². The molecular formula is C11H9Cl2N3O4S. The summed E-state index contributed by atoms with van der Waals surface area (Å²) in [5.74, 6) is 0. The maximum absolute atomic E-state index is 11.6. The number of benzene rings is 1. The number of halogens is 2. The lowest BCUT2D eigenvalue weighted by molar-refractivity contribution is -0.384. The summed E-state index contributed by atoms with van der Waals surface area (Å²) in [5, 5.41) is 14.8. The molecule has 0 bridgehead atoms. The van der Waals surface area contributed by atoms with Crippen LogP contribution in [0.1, 0.15) is 12.6 Å². The van der Waals surface area contributed by atoms with Gasteiger partial charge < -0.3 is 0 Å². The fourth-order valence-electron chi connectivity index (χ4n) is 1.86. The largest absolute Gasteiger partial charge is 0.294 e. The van der Waals surface area contributed by atoms with Gasteiger partial charge in [0.1, 0.15) is 10.6 Å². The molecule has 0 spiro atoms. The molecule has 10 heteroatoms. The topological polar surface area (TPSA) is 95.1 Å². The van der Waals surface area contributed by atoms with Crippen molar-refractivity contribution in [3.8, 4) is 5.69 Å². The first kappa shape index (κ1) is 15.7. The Morgan fingerprint density at radius 3 is 2.48 bits per heavy atom. The third-order valence-corrected chi connectivity index (χ3v) is 4.58. The molecule has 0 aliphatic carbocycles. The lowest BCUT2D eigenvalue weighted by atomic mass is 10.3. The summed E-state index contributed by atoms with van der Waals surface area (Å²) >= 11 is 6.02. The minimum absolute atomic E-state index is 0.0637. The minimum Gasteiger partial charge on any atom is -0.258 e. The maximum atomic E-state index is 11.6. The molecule has 0 N–H and O–H groups in total. The Hall–Kier alpha value is -1.64. The third-order valence-electron chi connectivity index (χ3n) is 2.74. The Morgan fingerprint density at radius 2 is 2.00 bits per heavy atom. The lowest BCUT2D eigenvalue weighted by Crippen LogP contribution is -2.02. The van der Waals surface area contributed by atoms with Gasteiger partial charge >= 0.3 is 0 Å². The lowest BCUT2D eigenvalue weighted by Gasteiger charge is -2.03. The second kappa shape index (κ2) is 5.63. The van der Waals surface area contributed by atoms with E-state index in [1.807, 2.05) is 0 Å². The minimum atomic E-state index is -4.11. The van der Waals surface area contributed by atoms with Crippen molar-refractivity contribution in [2.24, 2.45) is 0 Å². The first-order chi connectivity index (χ1) is 9.77. The van der Waals surface area contributed by atoms with Gasteiger partial charge in [-0.25, -0.2) is 13.1 Å². The molecule has 2 rings (SSSR count). The molecule has 0 saturated heterocycles. The van der Waals surface area contributed by atoms with E-state index in [1.165, 1.54) is 18.2 Å². The number of aromatic nitrogens is 2. The molecule has 0 aliphatic rings. The molecule has 1 aromatic heterocycles. The number of nitrogens with zero attached hydrogens (tertiary/aromatic N) is 3. The van der Waals surface area contributed by atoms with Gasteiger partial charge in [0.2, 0.25) is 0 Å². The number of hydrogen-bond donors (Lipinski definition) is 0. The van der Waals surface area contributed by atoms with Gasteiger partial charge in [0.15, 0.2) is 5.15 Å². The molecule has 0 saturated carbocycles. The molecule has 0 radical (unpaired) electrons. The van der Waals surface area contributed by atoms with E-state index >= 15 is 0 Å². The number of hydrogen-bond acceptors (Lipinski definition) is 5. The van der Waals surface area contributed by atoms with Crippen molar-refractivity contribution < 1.29 is 13.3 Å². The Bertz CT molecular complexity index is 817. The molecule has 1 aromatic carbocycles. The molecule has 112 valence electrons. The summed E-state index contributed by atoms with van der Waals surface area (Å²) in [6, 6.07) is 5.73. The van der Waals surface area contributed by atoms with E-state index in [0.717, 1.165) is 4.68 Å². The molecule has 0 unspecified atom stereocenters. The summed E-state index contributed by atoms with van der Waals surface area (Å²) in [7, 11) is 1.24. The highest BCUT2D eigenvalue weighted by atomic mass is 35.7. The zero-order valence-corrected chi connectivity index (χ0v) is 13.0. The van der Waals surface area contributed by atoms with E-state index in [-0.39, 0.29) is 33.5 Å². The number of nitro benzene ring substituents is 1. The first-order valence-corrected chi connectivity index (χ1v) is 8.42. The molecule has 2 aromatic rings. The monoisotopic (exact) mass is 349 g/mol. The van der Waals surface area contributed by atoms with E-state index < -0.39 is 14.0 Å². The molecular weight excluding hydrogens is 341 g/mol. The molecule has 1 heterocycles. The molecule has 7 nitrogen and oxygen atoms in total. The maximum Gasteiger partial charge on any atom is 0.294 e. The highest BCUT2D eigenvalue weighted by Gasteiger charge is 2.28. The van der Waals surface area contributed by atoms with Gasteiger partial charge in [-0.3, -0.25) is 10.1 Å². The van der Waals surface area contributed by atoms with Crippen LogP contribution in [0.25, 0.3) is 5.69 Å². The van der Waals surface area contributed by atoms with Gasteiger partial charge in [-0.2, -0.15) is 5.10 Å². The Balaban J connectivity index is 2.79. The Kier molecular flexibility index (Phi) is 4.22. The summed E-state index contributed by atoms with van der Waals surface area (Å²) in [4.78, 5) is 10.1. The van der Waals surface area contributed by atoms with Crippen LogP contribution < -0.4 is 0 Å². The average Bonchev–Trinajstić information content (AvgIpc) is 2.75. The first-order valence-electron chi connectivity index (χ1n) is 5.73. The average molecular weight is 350 g/mol. The number of nitro groups is 1. The normalized spacial score (nSPS) is 11.6. The zero-order chi connectivity index (χ0) is 15.8. The van der Waals surface area contributed by atoms with Crippen molar-refractivity contribution >= 4 is 37.0 Å². The second-order valence-electron chi connectivity index (χ2n) is 4.02. The van der Waals surface area contributed by atoms with Crippen LogP contribution in [0.15, 0.2) is 29.2 Å². The summed E-state index contributed by atoms with van der Waals surface area (Å²) in [5.41, 5.74) is -0.0370. The van der Waals surface area contributed by atoms with Crippen LogP contribution in [0.2, 0.25) is 5.15 Å². The predicted octanol–water partition coefficient (Wildman–Crippen LogP) is 2.92. The zero-order valence-electron chi connectivity index (χ0n) is 10.7. The van der Waals surface area contributed by atoms with E-state index in [2.05, 4.69) is 5.10 Å². The smallest absolute Gasteiger partial charge is 0.258 e. The van der Waals surface area contributed by atoms with E-state index in [1.54, 1.807) is 13.0 Å². The number of para-hydroxylation sites is 2. The van der Waals surface area contributed by atoms with Gasteiger partial charge in [0.05, 0.1) is 10.6 Å². The quantitative estimate of drug-likeness (QED) is 0.480. The van der Waals surface area contributed by atoms with E-state index in [4.69, 9.17) is 22.3 Å². The van der Waals surface area contributed by atoms with Gasteiger partial charge in [0.25, 0.3) is 14.7 Å². The van der Waals surface area contributed by atoms with Crippen LogP contribution >= 0.6 is 22.3 Å². The summed E-state index contributed by atoms with van der Waals surface area (Å²) in [6.45, 7) is 1.67. The Morgan fingerprint density at radius 1 is 1.38 bits per heavy atom. The van der Waals surface area contributed by atoms with Crippen LogP contribution in [0.4, 0.5) is 5.69 Å². The van der Waals surface area contributed by atoms with Crippen molar-refractivity contribution in [1.29, 1.82) is 0 Å². The van der Waals surface area contributed by atoms with Crippen LogP contribution in [0.5, 0.6) is 0 Å². The summed E-state index contributed by atoms with van der Waals surface area (Å²) < 4.78 is 24.2. The van der Waals surface area contributed by atoms with Crippen molar-refractivity contribution in [1.82, 2.24) is 9.78 Å². The van der Waals surface area contributed by atoms with Gasteiger partial charge in [0, 0.05) is 16.7 Å². The van der Waals surface area contributed by atoms with Gasteiger partial charge in [-0.1, -0.05) is 30.7 Å². The van der Waals surface area contributed by atoms with Crippen LogP contribution in [-0.2, 0) is 15.5 Å². The molecule has 0 amide bonds. The molecule has 0 fully saturated rings. The fraction of sp³-hybridized carbons (Fsp3) is 0.182. The second-order valence-corrected chi connectivity index (χ2v) is 6.88. The molecule has 0 atom stereocenters. The van der Waals surface area contributed by atoms with Crippen molar-refractivity contribution in [2.75, 3.05) is 0 Å². The highest BCUT2D eigenvalue weighted by molar-refractivity contribution is 8.13. The van der Waals surface area contributed by atoms with Crippen molar-refractivity contribution in [3.05, 3.63) is 45.2 Å². The van der Waals surface area contributed by atoms with Gasteiger partial charge in [-0.05, 0) is 12.5 Å².